The van der Waals surface area contributed by atoms with E-state index < -0.39 is 5.82 Å². The van der Waals surface area contributed by atoms with Crippen molar-refractivity contribution < 1.29 is 9.18 Å². The first-order chi connectivity index (χ1) is 13.7. The molecule has 0 bridgehead atoms. The number of nitrogens with one attached hydrogen (secondary N) is 1. The summed E-state index contributed by atoms with van der Waals surface area (Å²) in [5.74, 6) is 1.54. The molecule has 2 fully saturated rings. The van der Waals surface area contributed by atoms with Crippen LogP contribution in [-0.4, -0.2) is 45.0 Å². The summed E-state index contributed by atoms with van der Waals surface area (Å²) >= 11 is 0. The van der Waals surface area contributed by atoms with Gasteiger partial charge in [0.1, 0.15) is 0 Å². The molecule has 4 rings (SSSR count). The van der Waals surface area contributed by atoms with Gasteiger partial charge in [-0.25, -0.2) is 9.37 Å². The first-order valence-corrected chi connectivity index (χ1v) is 9.88. The zero-order valence-corrected chi connectivity index (χ0v) is 17.1. The van der Waals surface area contributed by atoms with Crippen molar-refractivity contribution in [2.24, 2.45) is 30.2 Å². The van der Waals surface area contributed by atoms with E-state index >= 15 is 0 Å². The number of piperidine rings is 1. The van der Waals surface area contributed by atoms with Crippen LogP contribution in [-0.2, 0) is 11.8 Å². The second kappa shape index (κ2) is 6.93. The molecule has 154 valence electrons. The predicted molar refractivity (Wildman–Crippen MR) is 108 cm³/mol. The summed E-state index contributed by atoms with van der Waals surface area (Å²) in [4.78, 5) is 34.9. The van der Waals surface area contributed by atoms with Crippen LogP contribution >= 0.6 is 0 Å². The summed E-state index contributed by atoms with van der Waals surface area (Å²) in [7, 11) is 1.64. The topological polar surface area (TPSA) is 80.1 Å². The molecule has 1 N–H and O–H groups in total. The molecule has 2 atom stereocenters. The highest BCUT2D eigenvalue weighted by molar-refractivity contribution is 5.82. The minimum absolute atomic E-state index is 0.201. The first kappa shape index (κ1) is 19.5. The van der Waals surface area contributed by atoms with Gasteiger partial charge >= 0.3 is 0 Å². The van der Waals surface area contributed by atoms with Crippen molar-refractivity contribution >= 4 is 11.9 Å². The monoisotopic (exact) mass is 399 g/mol. The molecule has 2 aliphatic rings. The Balaban J connectivity index is 1.43. The lowest BCUT2D eigenvalue weighted by atomic mass is 9.94. The third kappa shape index (κ3) is 3.63. The van der Waals surface area contributed by atoms with Crippen molar-refractivity contribution in [1.29, 1.82) is 0 Å². The van der Waals surface area contributed by atoms with Gasteiger partial charge in [-0.1, -0.05) is 20.8 Å². The molecule has 0 spiro atoms. The van der Waals surface area contributed by atoms with Gasteiger partial charge in [-0.3, -0.25) is 19.1 Å². The van der Waals surface area contributed by atoms with E-state index in [4.69, 9.17) is 0 Å². The van der Waals surface area contributed by atoms with Crippen LogP contribution in [0.4, 0.5) is 10.3 Å². The summed E-state index contributed by atoms with van der Waals surface area (Å²) in [5.41, 5.74) is -0.0736. The number of fused-ring (bicyclic) bond motifs is 1. The van der Waals surface area contributed by atoms with Crippen molar-refractivity contribution in [2.45, 2.75) is 20.8 Å². The van der Waals surface area contributed by atoms with Gasteiger partial charge in [0.05, 0.1) is 11.9 Å². The number of hydrogen-bond acceptors (Lipinski definition) is 5. The van der Waals surface area contributed by atoms with Gasteiger partial charge in [-0.15, -0.1) is 0 Å². The number of aromatic nitrogens is 3. The van der Waals surface area contributed by atoms with E-state index in [2.05, 4.69) is 15.3 Å². The first-order valence-electron chi connectivity index (χ1n) is 9.88. The van der Waals surface area contributed by atoms with Gasteiger partial charge in [0.25, 0.3) is 5.56 Å². The maximum absolute atomic E-state index is 14.0. The molecule has 1 aliphatic heterocycles. The number of carbonyl (C=O) groups excluding carboxylic acids is 1. The lowest BCUT2D eigenvalue weighted by Crippen LogP contribution is -2.40. The average Bonchev–Trinajstić information content (AvgIpc) is 3.11. The number of halogens is 1. The number of carbonyl (C=O) groups is 1. The Morgan fingerprint density at radius 2 is 2.00 bits per heavy atom. The van der Waals surface area contributed by atoms with E-state index in [1.54, 1.807) is 7.05 Å². The highest BCUT2D eigenvalue weighted by atomic mass is 19.1. The van der Waals surface area contributed by atoms with E-state index in [1.807, 2.05) is 25.7 Å². The number of anilines is 1. The Morgan fingerprint density at radius 1 is 1.31 bits per heavy atom. The van der Waals surface area contributed by atoms with Gasteiger partial charge < -0.3 is 10.2 Å². The molecular weight excluding hydrogens is 373 g/mol. The van der Waals surface area contributed by atoms with Crippen molar-refractivity contribution in [1.82, 2.24) is 19.4 Å². The van der Waals surface area contributed by atoms with E-state index in [1.165, 1.54) is 22.9 Å². The zero-order valence-electron chi connectivity index (χ0n) is 17.1. The summed E-state index contributed by atoms with van der Waals surface area (Å²) in [5, 5.41) is 3.26. The Kier molecular flexibility index (Phi) is 4.67. The Morgan fingerprint density at radius 3 is 2.62 bits per heavy atom. The Labute approximate surface area is 169 Å². The molecule has 1 saturated heterocycles. The summed E-state index contributed by atoms with van der Waals surface area (Å²) in [6.45, 7) is 8.11. The standard InChI is InChI=1S/C21H26FN5O2/c1-21(2,3)19(29)27-10-14-13(15(14)11-27)8-24-20-25-17(7-18(28)26(20)4)12-5-6-23-9-16(12)22/h5-7,9,13-15H,8,10-11H2,1-4H3,(H,24,25). The number of likely N-dealkylation sites (tertiary alicyclic amines) is 1. The van der Waals surface area contributed by atoms with Gasteiger partial charge in [0.2, 0.25) is 11.9 Å². The van der Waals surface area contributed by atoms with Crippen LogP contribution in [0, 0.1) is 29.0 Å². The van der Waals surface area contributed by atoms with Crippen LogP contribution in [0.2, 0.25) is 0 Å². The summed E-state index contributed by atoms with van der Waals surface area (Å²) < 4.78 is 15.5. The van der Waals surface area contributed by atoms with Crippen LogP contribution < -0.4 is 10.9 Å². The third-order valence-electron chi connectivity index (χ3n) is 5.98. The molecule has 1 saturated carbocycles. The fourth-order valence-electron chi connectivity index (χ4n) is 4.22. The molecule has 2 unspecified atom stereocenters. The lowest BCUT2D eigenvalue weighted by molar-refractivity contribution is -0.139. The molecule has 0 radical (unpaired) electrons. The largest absolute Gasteiger partial charge is 0.355 e. The Bertz CT molecular complexity index is 1000. The average molecular weight is 399 g/mol. The molecule has 2 aromatic rings. The van der Waals surface area contributed by atoms with E-state index in [-0.39, 0.29) is 28.1 Å². The molecule has 2 aromatic heterocycles. The van der Waals surface area contributed by atoms with Crippen LogP contribution in [0.3, 0.4) is 0 Å². The normalized spacial score (nSPS) is 23.1. The number of nitrogens with zero attached hydrogens (tertiary/aromatic N) is 4. The molecule has 29 heavy (non-hydrogen) atoms. The second-order valence-corrected chi connectivity index (χ2v) is 9.05. The van der Waals surface area contributed by atoms with Gasteiger partial charge in [0.15, 0.2) is 5.82 Å². The van der Waals surface area contributed by atoms with Crippen molar-refractivity contribution in [3.63, 3.8) is 0 Å². The van der Waals surface area contributed by atoms with Crippen molar-refractivity contribution in [3.8, 4) is 11.3 Å². The lowest BCUT2D eigenvalue weighted by Gasteiger charge is -2.27. The highest BCUT2D eigenvalue weighted by Gasteiger charge is 2.56. The van der Waals surface area contributed by atoms with E-state index in [0.717, 1.165) is 19.3 Å². The zero-order chi connectivity index (χ0) is 20.9. The predicted octanol–water partition coefficient (Wildman–Crippen LogP) is 2.14. The highest BCUT2D eigenvalue weighted by Crippen LogP contribution is 2.52. The van der Waals surface area contributed by atoms with Gasteiger partial charge in [-0.05, 0) is 23.8 Å². The molecule has 1 amide bonds. The SMILES string of the molecule is Cn1c(NCC2C3CN(C(=O)C(C)(C)C)CC23)nc(-c2ccncc2F)cc1=O. The van der Waals surface area contributed by atoms with E-state index in [0.29, 0.717) is 30.2 Å². The van der Waals surface area contributed by atoms with Crippen LogP contribution in [0.25, 0.3) is 11.3 Å². The second-order valence-electron chi connectivity index (χ2n) is 9.05. The molecule has 8 heteroatoms. The molecule has 7 nitrogen and oxygen atoms in total. The van der Waals surface area contributed by atoms with Crippen molar-refractivity contribution in [2.75, 3.05) is 25.0 Å². The van der Waals surface area contributed by atoms with Crippen LogP contribution in [0.15, 0.2) is 29.3 Å². The third-order valence-corrected chi connectivity index (χ3v) is 5.98. The maximum atomic E-state index is 14.0. The van der Waals surface area contributed by atoms with Crippen molar-refractivity contribution in [3.05, 3.63) is 40.7 Å². The van der Waals surface area contributed by atoms with Crippen LogP contribution in [0.1, 0.15) is 20.8 Å². The maximum Gasteiger partial charge on any atom is 0.255 e. The smallest absolute Gasteiger partial charge is 0.255 e. The summed E-state index contributed by atoms with van der Waals surface area (Å²) in [6, 6.07) is 2.83. The fraction of sp³-hybridized carbons (Fsp3) is 0.524. The number of rotatable bonds is 4. The molecular formula is C21H26FN5O2. The van der Waals surface area contributed by atoms with E-state index in [9.17, 15) is 14.0 Å². The minimum atomic E-state index is -0.514. The van der Waals surface area contributed by atoms with Crippen LogP contribution in [0.5, 0.6) is 0 Å². The number of pyridine rings is 1. The number of hydrogen-bond donors (Lipinski definition) is 1. The summed E-state index contributed by atoms with van der Waals surface area (Å²) in [6.07, 6.45) is 2.58. The molecule has 1 aliphatic carbocycles. The molecule has 3 heterocycles. The number of amides is 1. The fourth-order valence-corrected chi connectivity index (χ4v) is 4.22. The minimum Gasteiger partial charge on any atom is -0.355 e. The van der Waals surface area contributed by atoms with Gasteiger partial charge in [0, 0.05) is 49.9 Å². The quantitative estimate of drug-likeness (QED) is 0.852. The molecule has 0 aromatic carbocycles. The Hall–Kier alpha value is -2.77. The van der Waals surface area contributed by atoms with Gasteiger partial charge in [-0.2, -0.15) is 0 Å².